The van der Waals surface area contributed by atoms with E-state index in [0.29, 0.717) is 0 Å². The van der Waals surface area contributed by atoms with Crippen LogP contribution in [-0.2, 0) is 0 Å². The van der Waals surface area contributed by atoms with Crippen molar-refractivity contribution in [3.05, 3.63) is 34.2 Å². The smallest absolute Gasteiger partial charge is 0.259 e. The summed E-state index contributed by atoms with van der Waals surface area (Å²) in [5.74, 6) is -0.126. The minimum absolute atomic E-state index is 0.126. The summed E-state index contributed by atoms with van der Waals surface area (Å²) in [6, 6.07) is 1.69. The summed E-state index contributed by atoms with van der Waals surface area (Å²) in [5.41, 5.74) is 0.0574. The number of hydrogen-bond acceptors (Lipinski definition) is 2. The van der Waals surface area contributed by atoms with Crippen molar-refractivity contribution in [1.82, 2.24) is 9.88 Å². The fourth-order valence-corrected chi connectivity index (χ4v) is 2.43. The molecule has 1 aromatic rings. The Morgan fingerprint density at radius 2 is 2.35 bits per heavy atom. The van der Waals surface area contributed by atoms with Crippen molar-refractivity contribution in [1.29, 1.82) is 0 Å². The van der Waals surface area contributed by atoms with Gasteiger partial charge in [-0.1, -0.05) is 6.92 Å². The molecule has 2 heterocycles. The minimum atomic E-state index is -0.200. The van der Waals surface area contributed by atoms with Crippen LogP contribution in [-0.4, -0.2) is 28.4 Å². The third-order valence-corrected chi connectivity index (χ3v) is 3.41. The van der Waals surface area contributed by atoms with Crippen LogP contribution in [0.4, 0.5) is 0 Å². The molecule has 0 saturated carbocycles. The third-order valence-electron chi connectivity index (χ3n) is 3.41. The van der Waals surface area contributed by atoms with Gasteiger partial charge in [0.2, 0.25) is 0 Å². The van der Waals surface area contributed by atoms with Crippen LogP contribution >= 0.6 is 0 Å². The molecule has 0 bridgehead atoms. The zero-order chi connectivity index (χ0) is 12.3. The lowest BCUT2D eigenvalue weighted by atomic mass is 9.99. The number of rotatable bonds is 2. The second kappa shape index (κ2) is 5.17. The number of H-pyrrole nitrogens is 1. The quantitative estimate of drug-likeness (QED) is 0.848. The number of carbonyl (C=O) groups excluding carboxylic acids is 1. The van der Waals surface area contributed by atoms with Crippen molar-refractivity contribution < 1.29 is 4.79 Å². The molecule has 1 atom stereocenters. The first-order chi connectivity index (χ1) is 8.24. The number of nitrogens with one attached hydrogen (secondary N) is 1. The highest BCUT2D eigenvalue weighted by molar-refractivity contribution is 5.94. The number of piperidine rings is 1. The summed E-state index contributed by atoms with van der Waals surface area (Å²) in [6.07, 6.45) is 7.27. The molecular formula is C13H18N2O2. The van der Waals surface area contributed by atoms with Gasteiger partial charge in [0.05, 0.1) is 0 Å². The van der Waals surface area contributed by atoms with Gasteiger partial charge in [-0.15, -0.1) is 0 Å². The van der Waals surface area contributed by atoms with Gasteiger partial charge in [-0.3, -0.25) is 9.59 Å². The molecule has 1 aliphatic rings. The zero-order valence-corrected chi connectivity index (χ0v) is 10.1. The Balaban J connectivity index is 2.24. The molecule has 1 amide bonds. The predicted octanol–water partition coefficient (Wildman–Crippen LogP) is 1.78. The van der Waals surface area contributed by atoms with Crippen LogP contribution in [0.2, 0.25) is 0 Å². The number of nitrogens with zero attached hydrogens (tertiary/aromatic N) is 1. The highest BCUT2D eigenvalue weighted by Crippen LogP contribution is 2.20. The number of carbonyl (C=O) groups is 1. The van der Waals surface area contributed by atoms with E-state index in [9.17, 15) is 9.59 Å². The van der Waals surface area contributed by atoms with Gasteiger partial charge >= 0.3 is 0 Å². The molecule has 92 valence electrons. The molecule has 1 unspecified atom stereocenters. The summed E-state index contributed by atoms with van der Waals surface area (Å²) in [4.78, 5) is 28.6. The molecule has 1 aliphatic heterocycles. The molecule has 4 nitrogen and oxygen atoms in total. The number of amides is 1. The van der Waals surface area contributed by atoms with Gasteiger partial charge in [0, 0.05) is 31.0 Å². The van der Waals surface area contributed by atoms with Crippen molar-refractivity contribution in [3.8, 4) is 0 Å². The van der Waals surface area contributed by atoms with Crippen LogP contribution in [0.5, 0.6) is 0 Å². The van der Waals surface area contributed by atoms with Crippen molar-refractivity contribution in [2.45, 2.75) is 38.6 Å². The molecule has 0 aliphatic carbocycles. The Morgan fingerprint density at radius 1 is 1.53 bits per heavy atom. The maximum atomic E-state index is 12.3. The predicted molar refractivity (Wildman–Crippen MR) is 66.0 cm³/mol. The average molecular weight is 234 g/mol. The molecule has 0 spiro atoms. The lowest BCUT2D eigenvalue weighted by Crippen LogP contribution is -2.44. The molecule has 4 heteroatoms. The summed E-state index contributed by atoms with van der Waals surface area (Å²) in [5, 5.41) is 0. The second-order valence-electron chi connectivity index (χ2n) is 4.48. The van der Waals surface area contributed by atoms with Gasteiger partial charge in [0.25, 0.3) is 5.91 Å². The number of aromatic amines is 1. The van der Waals surface area contributed by atoms with Gasteiger partial charge in [-0.2, -0.15) is 0 Å². The molecular weight excluding hydrogens is 216 g/mol. The maximum Gasteiger partial charge on any atom is 0.259 e. The first-order valence-corrected chi connectivity index (χ1v) is 6.22. The number of pyridine rings is 1. The van der Waals surface area contributed by atoms with Gasteiger partial charge in [-0.25, -0.2) is 0 Å². The fraction of sp³-hybridized carbons (Fsp3) is 0.538. The van der Waals surface area contributed by atoms with Gasteiger partial charge in [-0.05, 0) is 25.7 Å². The standard InChI is InChI=1S/C13H18N2O2/c1-2-10-5-3-4-8-15(10)13(17)11-9-14-7-6-12(11)16/h6-7,9-10H,2-5,8H2,1H3,(H,14,16). The van der Waals surface area contributed by atoms with E-state index in [0.717, 1.165) is 25.8 Å². The van der Waals surface area contributed by atoms with E-state index in [2.05, 4.69) is 11.9 Å². The van der Waals surface area contributed by atoms with Crippen LogP contribution in [0.15, 0.2) is 23.3 Å². The molecule has 17 heavy (non-hydrogen) atoms. The largest absolute Gasteiger partial charge is 0.367 e. The summed E-state index contributed by atoms with van der Waals surface area (Å²) in [7, 11) is 0. The van der Waals surface area contributed by atoms with E-state index in [1.165, 1.54) is 18.7 Å². The van der Waals surface area contributed by atoms with E-state index >= 15 is 0 Å². The van der Waals surface area contributed by atoms with Gasteiger partial charge < -0.3 is 9.88 Å². The van der Waals surface area contributed by atoms with Crippen LogP contribution < -0.4 is 5.43 Å². The fourth-order valence-electron chi connectivity index (χ4n) is 2.43. The second-order valence-corrected chi connectivity index (χ2v) is 4.48. The molecule has 0 aromatic carbocycles. The average Bonchev–Trinajstić information content (AvgIpc) is 2.38. The summed E-state index contributed by atoms with van der Waals surface area (Å²) in [6.45, 7) is 2.86. The normalized spacial score (nSPS) is 20.3. The monoisotopic (exact) mass is 234 g/mol. The van der Waals surface area contributed by atoms with Crippen molar-refractivity contribution >= 4 is 5.91 Å². The Bertz CT molecular complexity index is 453. The lowest BCUT2D eigenvalue weighted by Gasteiger charge is -2.35. The first kappa shape index (κ1) is 11.9. The highest BCUT2D eigenvalue weighted by atomic mass is 16.2. The molecule has 1 N–H and O–H groups in total. The van der Waals surface area contributed by atoms with E-state index in [1.807, 2.05) is 4.90 Å². The number of hydrogen-bond donors (Lipinski definition) is 1. The zero-order valence-electron chi connectivity index (χ0n) is 10.1. The molecule has 0 radical (unpaired) electrons. The van der Waals surface area contributed by atoms with Crippen molar-refractivity contribution in [2.75, 3.05) is 6.54 Å². The van der Waals surface area contributed by atoms with E-state index in [1.54, 1.807) is 6.20 Å². The molecule has 1 saturated heterocycles. The Hall–Kier alpha value is -1.58. The third kappa shape index (κ3) is 2.40. The molecule has 2 rings (SSSR count). The van der Waals surface area contributed by atoms with Crippen LogP contribution in [0, 0.1) is 0 Å². The van der Waals surface area contributed by atoms with Crippen LogP contribution in [0.25, 0.3) is 0 Å². The van der Waals surface area contributed by atoms with E-state index in [-0.39, 0.29) is 22.9 Å². The Kier molecular flexibility index (Phi) is 3.61. The van der Waals surface area contributed by atoms with E-state index in [4.69, 9.17) is 0 Å². The topological polar surface area (TPSA) is 53.2 Å². The Morgan fingerprint density at radius 3 is 3.06 bits per heavy atom. The SMILES string of the molecule is CCC1CCCCN1C(=O)c1c[nH]ccc1=O. The minimum Gasteiger partial charge on any atom is -0.367 e. The molecule has 1 aromatic heterocycles. The van der Waals surface area contributed by atoms with Gasteiger partial charge in [0.15, 0.2) is 5.43 Å². The van der Waals surface area contributed by atoms with Crippen molar-refractivity contribution in [2.24, 2.45) is 0 Å². The number of likely N-dealkylation sites (tertiary alicyclic amines) is 1. The van der Waals surface area contributed by atoms with Gasteiger partial charge in [0.1, 0.15) is 5.56 Å². The summed E-state index contributed by atoms with van der Waals surface area (Å²) < 4.78 is 0. The maximum absolute atomic E-state index is 12.3. The number of aromatic nitrogens is 1. The van der Waals surface area contributed by atoms with Crippen molar-refractivity contribution in [3.63, 3.8) is 0 Å². The lowest BCUT2D eigenvalue weighted by molar-refractivity contribution is 0.0606. The van der Waals surface area contributed by atoms with Crippen LogP contribution in [0.1, 0.15) is 43.0 Å². The molecule has 1 fully saturated rings. The first-order valence-electron chi connectivity index (χ1n) is 6.22. The van der Waals surface area contributed by atoms with Crippen LogP contribution in [0.3, 0.4) is 0 Å². The Labute approximate surface area is 101 Å². The summed E-state index contributed by atoms with van der Waals surface area (Å²) >= 11 is 0. The highest BCUT2D eigenvalue weighted by Gasteiger charge is 2.27. The van der Waals surface area contributed by atoms with E-state index < -0.39 is 0 Å².